The van der Waals surface area contributed by atoms with Gasteiger partial charge in [0.15, 0.2) is 0 Å². The normalized spacial score (nSPS) is 26.8. The zero-order valence-corrected chi connectivity index (χ0v) is 21.6. The Morgan fingerprint density at radius 2 is 1.82 bits per heavy atom. The third-order valence-electron chi connectivity index (χ3n) is 7.22. The number of carbonyl (C=O) groups is 2. The molecule has 190 valence electrons. The highest BCUT2D eigenvalue weighted by molar-refractivity contribution is 8.21. The van der Waals surface area contributed by atoms with Crippen LogP contribution in [0.2, 0.25) is 0 Å². The first-order valence-electron chi connectivity index (χ1n) is 12.6. The molecule has 5 atom stereocenters. The molecular formula is C23H42N4O4S2. The molecule has 3 aliphatic rings. The Hall–Kier alpha value is -0.520. The van der Waals surface area contributed by atoms with E-state index in [-0.39, 0.29) is 15.9 Å². The molecule has 3 fully saturated rings. The minimum absolute atomic E-state index is 0.0750. The molecule has 1 spiro atoms. The van der Waals surface area contributed by atoms with E-state index in [9.17, 15) is 19.8 Å². The summed E-state index contributed by atoms with van der Waals surface area (Å²) in [6.07, 6.45) is 5.04. The van der Waals surface area contributed by atoms with Crippen LogP contribution in [0.25, 0.3) is 0 Å². The number of likely N-dealkylation sites (tertiary alicyclic amines) is 1. The van der Waals surface area contributed by atoms with E-state index in [2.05, 4.69) is 10.6 Å². The topological polar surface area (TPSA) is 128 Å². The Kier molecular flexibility index (Phi) is 10.2. The minimum atomic E-state index is -1.27. The van der Waals surface area contributed by atoms with Gasteiger partial charge in [-0.05, 0) is 38.5 Å². The van der Waals surface area contributed by atoms with E-state index in [1.165, 1.54) is 6.42 Å². The molecule has 0 aromatic heterocycles. The lowest BCUT2D eigenvalue weighted by atomic mass is 9.83. The molecule has 6 N–H and O–H groups in total. The molecule has 1 saturated carbocycles. The summed E-state index contributed by atoms with van der Waals surface area (Å²) in [6.45, 7) is 4.77. The second-order valence-corrected chi connectivity index (χ2v) is 12.8. The van der Waals surface area contributed by atoms with Crippen molar-refractivity contribution in [3.63, 3.8) is 0 Å². The van der Waals surface area contributed by atoms with Crippen molar-refractivity contribution in [1.29, 1.82) is 0 Å². The predicted octanol–water partition coefficient (Wildman–Crippen LogP) is 1.24. The zero-order valence-electron chi connectivity index (χ0n) is 20.0. The van der Waals surface area contributed by atoms with Crippen molar-refractivity contribution >= 4 is 35.3 Å². The van der Waals surface area contributed by atoms with Crippen molar-refractivity contribution in [3.8, 4) is 0 Å². The average molecular weight is 503 g/mol. The summed E-state index contributed by atoms with van der Waals surface area (Å²) < 4.78 is -0.117. The molecule has 0 aromatic carbocycles. The van der Waals surface area contributed by atoms with Crippen molar-refractivity contribution in [1.82, 2.24) is 15.5 Å². The molecule has 0 bridgehead atoms. The van der Waals surface area contributed by atoms with Gasteiger partial charge in [0.1, 0.15) is 12.3 Å². The van der Waals surface area contributed by atoms with E-state index in [0.29, 0.717) is 25.9 Å². The number of nitrogens with two attached hydrogens (primary N) is 1. The SMILES string of the molecule is CCCC(NC(O)C1CC2(CN1C(=O)C(N)C1CCCCC1)SCCS2)C(O)C(=O)NCC. The van der Waals surface area contributed by atoms with E-state index < -0.39 is 36.4 Å². The van der Waals surface area contributed by atoms with Gasteiger partial charge in [0, 0.05) is 30.6 Å². The standard InChI is InChI=1S/C23H42N4O4S2/c1-3-8-16(19(28)21(30)25-4-2)26-20(29)17-13-23(32-11-12-33-23)14-27(17)22(31)18(24)15-9-6-5-7-10-15/h15-20,26,28-29H,3-14,24H2,1-2H3,(H,25,30). The molecule has 8 nitrogen and oxygen atoms in total. The number of likely N-dealkylation sites (N-methyl/N-ethyl adjacent to an activating group) is 1. The first kappa shape index (κ1) is 27.1. The molecule has 1 aliphatic carbocycles. The summed E-state index contributed by atoms with van der Waals surface area (Å²) in [7, 11) is 0. The summed E-state index contributed by atoms with van der Waals surface area (Å²) in [5, 5.41) is 27.6. The lowest BCUT2D eigenvalue weighted by Crippen LogP contribution is -2.59. The van der Waals surface area contributed by atoms with Gasteiger partial charge in [-0.25, -0.2) is 0 Å². The van der Waals surface area contributed by atoms with Crippen molar-refractivity contribution in [3.05, 3.63) is 0 Å². The molecular weight excluding hydrogens is 460 g/mol. The maximum Gasteiger partial charge on any atom is 0.250 e. The Bertz CT molecular complexity index is 658. The number of hydrogen-bond donors (Lipinski definition) is 5. The summed E-state index contributed by atoms with van der Waals surface area (Å²) in [6, 6.07) is -1.58. The van der Waals surface area contributed by atoms with Gasteiger partial charge in [-0.15, -0.1) is 23.5 Å². The van der Waals surface area contributed by atoms with Crippen LogP contribution in [0.3, 0.4) is 0 Å². The molecule has 5 unspecified atom stereocenters. The molecule has 2 amide bonds. The lowest BCUT2D eigenvalue weighted by molar-refractivity contribution is -0.139. The summed E-state index contributed by atoms with van der Waals surface area (Å²) in [5.74, 6) is 1.74. The second kappa shape index (κ2) is 12.4. The van der Waals surface area contributed by atoms with Gasteiger partial charge in [-0.3, -0.25) is 14.9 Å². The number of carbonyl (C=O) groups excluding carboxylic acids is 2. The van der Waals surface area contributed by atoms with Crippen LogP contribution in [-0.4, -0.2) is 86.1 Å². The van der Waals surface area contributed by atoms with Crippen LogP contribution in [0.5, 0.6) is 0 Å². The molecule has 2 heterocycles. The number of amides is 2. The number of rotatable bonds is 10. The van der Waals surface area contributed by atoms with Gasteiger partial charge in [0.05, 0.1) is 16.2 Å². The number of thioether (sulfide) groups is 2. The molecule has 10 heteroatoms. The molecule has 0 aromatic rings. The highest BCUT2D eigenvalue weighted by Gasteiger charge is 2.52. The van der Waals surface area contributed by atoms with Gasteiger partial charge in [-0.1, -0.05) is 32.6 Å². The van der Waals surface area contributed by atoms with Gasteiger partial charge < -0.3 is 26.2 Å². The van der Waals surface area contributed by atoms with Crippen molar-refractivity contribution in [2.75, 3.05) is 24.6 Å². The maximum absolute atomic E-state index is 13.6. The first-order valence-corrected chi connectivity index (χ1v) is 14.5. The molecule has 0 radical (unpaired) electrons. The number of hydrogen-bond acceptors (Lipinski definition) is 8. The van der Waals surface area contributed by atoms with Gasteiger partial charge >= 0.3 is 0 Å². The van der Waals surface area contributed by atoms with Crippen LogP contribution < -0.4 is 16.4 Å². The predicted molar refractivity (Wildman–Crippen MR) is 135 cm³/mol. The average Bonchev–Trinajstić information content (AvgIpc) is 3.45. The second-order valence-electron chi connectivity index (χ2n) is 9.62. The van der Waals surface area contributed by atoms with Crippen LogP contribution >= 0.6 is 23.5 Å². The van der Waals surface area contributed by atoms with Crippen molar-refractivity contribution < 1.29 is 19.8 Å². The van der Waals surface area contributed by atoms with Gasteiger partial charge in [0.2, 0.25) is 11.8 Å². The van der Waals surface area contributed by atoms with Crippen LogP contribution in [0.1, 0.15) is 65.2 Å². The zero-order chi connectivity index (χ0) is 24.0. The number of nitrogens with zero attached hydrogens (tertiary/aromatic N) is 1. The quantitative estimate of drug-likeness (QED) is 0.282. The smallest absolute Gasteiger partial charge is 0.250 e. The summed E-state index contributed by atoms with van der Waals surface area (Å²) >= 11 is 3.73. The van der Waals surface area contributed by atoms with E-state index in [1.54, 1.807) is 11.8 Å². The van der Waals surface area contributed by atoms with E-state index >= 15 is 0 Å². The van der Waals surface area contributed by atoms with Gasteiger partial charge in [0.25, 0.3) is 0 Å². The highest BCUT2D eigenvalue weighted by atomic mass is 32.2. The molecule has 2 aliphatic heterocycles. The minimum Gasteiger partial charge on any atom is -0.382 e. The first-order chi connectivity index (χ1) is 15.8. The third-order valence-corrected chi connectivity index (χ3v) is 10.6. The van der Waals surface area contributed by atoms with Crippen LogP contribution in [0.15, 0.2) is 0 Å². The van der Waals surface area contributed by atoms with E-state index in [4.69, 9.17) is 5.73 Å². The maximum atomic E-state index is 13.6. The third kappa shape index (κ3) is 6.58. The number of aliphatic hydroxyl groups is 2. The van der Waals surface area contributed by atoms with Crippen molar-refractivity contribution in [2.24, 2.45) is 11.7 Å². The fourth-order valence-corrected chi connectivity index (χ4v) is 8.70. The monoisotopic (exact) mass is 502 g/mol. The molecule has 3 rings (SSSR count). The van der Waals surface area contributed by atoms with Gasteiger partial charge in [-0.2, -0.15) is 0 Å². The van der Waals surface area contributed by atoms with Crippen LogP contribution in [-0.2, 0) is 9.59 Å². The van der Waals surface area contributed by atoms with Crippen molar-refractivity contribution in [2.45, 2.75) is 99.8 Å². The highest BCUT2D eigenvalue weighted by Crippen LogP contribution is 2.52. The lowest BCUT2D eigenvalue weighted by Gasteiger charge is -2.36. The Morgan fingerprint density at radius 3 is 2.42 bits per heavy atom. The number of aliphatic hydroxyl groups excluding tert-OH is 2. The molecule has 33 heavy (non-hydrogen) atoms. The number of nitrogens with one attached hydrogen (secondary N) is 2. The fourth-order valence-electron chi connectivity index (χ4n) is 5.42. The van der Waals surface area contributed by atoms with Crippen LogP contribution in [0.4, 0.5) is 0 Å². The Labute approximate surface area is 206 Å². The Morgan fingerprint density at radius 1 is 1.15 bits per heavy atom. The largest absolute Gasteiger partial charge is 0.382 e. The summed E-state index contributed by atoms with van der Waals surface area (Å²) in [5.41, 5.74) is 6.49. The fraction of sp³-hybridized carbons (Fsp3) is 0.913. The van der Waals surface area contributed by atoms with Crippen LogP contribution in [0, 0.1) is 5.92 Å². The molecule has 2 saturated heterocycles. The Balaban J connectivity index is 1.74. The summed E-state index contributed by atoms with van der Waals surface area (Å²) in [4.78, 5) is 27.6. The van der Waals surface area contributed by atoms with E-state index in [0.717, 1.165) is 43.6 Å². The van der Waals surface area contributed by atoms with E-state index in [1.807, 2.05) is 30.4 Å².